The van der Waals surface area contributed by atoms with Crippen molar-refractivity contribution in [1.82, 2.24) is 4.98 Å². The highest BCUT2D eigenvalue weighted by atomic mass is 35.5. The predicted molar refractivity (Wildman–Crippen MR) is 59.7 cm³/mol. The Kier molecular flexibility index (Phi) is 3.71. The second-order valence-corrected chi connectivity index (χ2v) is 5.19. The maximum atomic E-state index is 5.92. The van der Waals surface area contributed by atoms with Crippen LogP contribution in [0.5, 0.6) is 0 Å². The summed E-state index contributed by atoms with van der Waals surface area (Å²) in [6.07, 6.45) is 0. The molecule has 1 aromatic rings. The molecule has 0 saturated carbocycles. The monoisotopic (exact) mass is 236 g/mol. The van der Waals surface area contributed by atoms with Crippen molar-refractivity contribution < 1.29 is 0 Å². The number of hydrogen-bond donors (Lipinski definition) is 1. The van der Waals surface area contributed by atoms with Crippen molar-refractivity contribution in [1.29, 1.82) is 0 Å². The second kappa shape index (κ2) is 4.40. The summed E-state index contributed by atoms with van der Waals surface area (Å²) in [7, 11) is 0. The molecule has 0 saturated heterocycles. The highest BCUT2D eigenvalue weighted by molar-refractivity contribution is 7.99. The van der Waals surface area contributed by atoms with Crippen LogP contribution in [0, 0.1) is 0 Å². The molecular weight excluding hydrogens is 227 g/mol. The lowest BCUT2D eigenvalue weighted by atomic mass is 10.5. The first-order chi connectivity index (χ1) is 6.00. The average Bonchev–Trinajstić information content (AvgIpc) is 1.99. The average molecular weight is 237 g/mol. The Bertz CT molecular complexity index is 315. The second-order valence-electron chi connectivity index (χ2n) is 2.81. The van der Waals surface area contributed by atoms with E-state index in [9.17, 15) is 0 Å². The molecule has 72 valence electrons. The topological polar surface area (TPSA) is 38.9 Å². The van der Waals surface area contributed by atoms with Crippen molar-refractivity contribution in [2.45, 2.75) is 24.1 Å². The summed E-state index contributed by atoms with van der Waals surface area (Å²) in [4.78, 5) is 4.09. The molecule has 0 aliphatic heterocycles. The number of nitrogens with zero attached hydrogens (tertiary/aromatic N) is 1. The van der Waals surface area contributed by atoms with Crippen molar-refractivity contribution in [2.24, 2.45) is 0 Å². The van der Waals surface area contributed by atoms with Crippen molar-refractivity contribution in [3.05, 3.63) is 16.1 Å². The molecule has 0 atom stereocenters. The molecule has 0 amide bonds. The molecule has 13 heavy (non-hydrogen) atoms. The van der Waals surface area contributed by atoms with Gasteiger partial charge < -0.3 is 5.73 Å². The third kappa shape index (κ3) is 2.93. The number of anilines is 1. The molecule has 1 aromatic heterocycles. The third-order valence-electron chi connectivity index (χ3n) is 1.27. The van der Waals surface area contributed by atoms with Crippen LogP contribution in [0.1, 0.15) is 13.8 Å². The smallest absolute Gasteiger partial charge is 0.143 e. The van der Waals surface area contributed by atoms with Crippen molar-refractivity contribution in [2.75, 3.05) is 5.73 Å². The molecule has 5 heteroatoms. The van der Waals surface area contributed by atoms with Crippen molar-refractivity contribution in [3.63, 3.8) is 0 Å². The Morgan fingerprint density at radius 1 is 1.38 bits per heavy atom. The molecule has 0 aromatic carbocycles. The van der Waals surface area contributed by atoms with E-state index in [4.69, 9.17) is 28.9 Å². The number of rotatable bonds is 2. The number of hydrogen-bond acceptors (Lipinski definition) is 3. The molecular formula is C8H10Cl2N2S. The van der Waals surface area contributed by atoms with E-state index in [0.717, 1.165) is 5.03 Å². The van der Waals surface area contributed by atoms with E-state index >= 15 is 0 Å². The van der Waals surface area contributed by atoms with Gasteiger partial charge in [-0.05, 0) is 6.07 Å². The lowest BCUT2D eigenvalue weighted by molar-refractivity contribution is 1.08. The van der Waals surface area contributed by atoms with Crippen LogP contribution in [-0.4, -0.2) is 10.2 Å². The zero-order valence-electron chi connectivity index (χ0n) is 7.34. The lowest BCUT2D eigenvalue weighted by Crippen LogP contribution is -1.96. The van der Waals surface area contributed by atoms with E-state index in [1.54, 1.807) is 17.8 Å². The van der Waals surface area contributed by atoms with Gasteiger partial charge in [-0.15, -0.1) is 11.8 Å². The Morgan fingerprint density at radius 2 is 2.00 bits per heavy atom. The Balaban J connectivity index is 3.01. The molecule has 0 spiro atoms. The molecule has 2 nitrogen and oxygen atoms in total. The van der Waals surface area contributed by atoms with Gasteiger partial charge in [0.25, 0.3) is 0 Å². The first-order valence-corrected chi connectivity index (χ1v) is 5.42. The quantitative estimate of drug-likeness (QED) is 0.800. The van der Waals surface area contributed by atoms with Crippen LogP contribution in [0.15, 0.2) is 11.1 Å². The Morgan fingerprint density at radius 3 is 2.54 bits per heavy atom. The van der Waals surface area contributed by atoms with Crippen LogP contribution in [0.25, 0.3) is 0 Å². The van der Waals surface area contributed by atoms with E-state index in [-0.39, 0.29) is 0 Å². The van der Waals surface area contributed by atoms with Gasteiger partial charge in [0, 0.05) is 5.25 Å². The van der Waals surface area contributed by atoms with Crippen molar-refractivity contribution >= 4 is 40.8 Å². The molecule has 1 heterocycles. The fraction of sp³-hybridized carbons (Fsp3) is 0.375. The van der Waals surface area contributed by atoms with E-state index in [0.29, 0.717) is 21.1 Å². The maximum absolute atomic E-state index is 5.92. The van der Waals surface area contributed by atoms with Gasteiger partial charge >= 0.3 is 0 Å². The number of halogens is 2. The Hall–Kier alpha value is -0.120. The van der Waals surface area contributed by atoms with Gasteiger partial charge in [0.2, 0.25) is 0 Å². The number of nitrogens with two attached hydrogens (primary N) is 1. The maximum Gasteiger partial charge on any atom is 0.143 e. The number of thioether (sulfide) groups is 1. The summed E-state index contributed by atoms with van der Waals surface area (Å²) >= 11 is 13.2. The fourth-order valence-corrected chi connectivity index (χ4v) is 2.03. The molecule has 1 rings (SSSR count). The van der Waals surface area contributed by atoms with Crippen LogP contribution in [0.4, 0.5) is 5.82 Å². The third-order valence-corrected chi connectivity index (χ3v) is 2.98. The van der Waals surface area contributed by atoms with Gasteiger partial charge in [-0.3, -0.25) is 0 Å². The van der Waals surface area contributed by atoms with Crippen LogP contribution in [0.3, 0.4) is 0 Å². The van der Waals surface area contributed by atoms with Crippen molar-refractivity contribution in [3.8, 4) is 0 Å². The summed E-state index contributed by atoms with van der Waals surface area (Å²) < 4.78 is 0. The standard InChI is InChI=1S/C8H10Cl2N2S/c1-4(2)13-8-6(10)3-5(9)7(11)12-8/h3-4H,1-2H3,(H2,11,12). The summed E-state index contributed by atoms with van der Waals surface area (Å²) in [6, 6.07) is 1.62. The number of pyridine rings is 1. The number of nitrogen functional groups attached to an aromatic ring is 1. The van der Waals surface area contributed by atoms with E-state index in [1.807, 2.05) is 0 Å². The van der Waals surface area contributed by atoms with Gasteiger partial charge in [0.05, 0.1) is 10.0 Å². The van der Waals surface area contributed by atoms with Crippen LogP contribution >= 0.6 is 35.0 Å². The molecule has 0 unspecified atom stereocenters. The molecule has 0 aliphatic carbocycles. The van der Waals surface area contributed by atoms with Gasteiger partial charge in [0.1, 0.15) is 10.8 Å². The zero-order valence-corrected chi connectivity index (χ0v) is 9.67. The summed E-state index contributed by atoms with van der Waals surface area (Å²) in [6.45, 7) is 4.13. The molecule has 2 N–H and O–H groups in total. The summed E-state index contributed by atoms with van der Waals surface area (Å²) in [5.41, 5.74) is 5.55. The van der Waals surface area contributed by atoms with Crippen LogP contribution in [0.2, 0.25) is 10.0 Å². The fourth-order valence-electron chi connectivity index (χ4n) is 0.769. The van der Waals surface area contributed by atoms with E-state index < -0.39 is 0 Å². The predicted octanol–water partition coefficient (Wildman–Crippen LogP) is 3.47. The molecule has 0 fully saturated rings. The minimum atomic E-state index is 0.328. The van der Waals surface area contributed by atoms with Gasteiger partial charge in [-0.1, -0.05) is 37.0 Å². The van der Waals surface area contributed by atoms with E-state index in [2.05, 4.69) is 18.8 Å². The molecule has 0 aliphatic rings. The van der Waals surface area contributed by atoms with Crippen LogP contribution < -0.4 is 5.73 Å². The lowest BCUT2D eigenvalue weighted by Gasteiger charge is -2.07. The molecule has 0 radical (unpaired) electrons. The minimum Gasteiger partial charge on any atom is -0.382 e. The van der Waals surface area contributed by atoms with E-state index in [1.165, 1.54) is 0 Å². The normalized spacial score (nSPS) is 10.8. The largest absolute Gasteiger partial charge is 0.382 e. The first kappa shape index (κ1) is 11.0. The SMILES string of the molecule is CC(C)Sc1nc(N)c(Cl)cc1Cl. The van der Waals surface area contributed by atoms with Gasteiger partial charge in [-0.25, -0.2) is 4.98 Å². The van der Waals surface area contributed by atoms with Gasteiger partial charge in [0.15, 0.2) is 0 Å². The summed E-state index contributed by atoms with van der Waals surface area (Å²) in [5.74, 6) is 0.328. The number of aromatic nitrogens is 1. The Labute approximate surface area is 91.8 Å². The minimum absolute atomic E-state index is 0.328. The summed E-state index contributed by atoms with van der Waals surface area (Å²) in [5, 5.41) is 2.11. The highest BCUT2D eigenvalue weighted by Gasteiger charge is 2.08. The zero-order chi connectivity index (χ0) is 10.0. The first-order valence-electron chi connectivity index (χ1n) is 3.79. The molecule has 0 bridgehead atoms. The van der Waals surface area contributed by atoms with Gasteiger partial charge in [-0.2, -0.15) is 0 Å². The highest BCUT2D eigenvalue weighted by Crippen LogP contribution is 2.32. The van der Waals surface area contributed by atoms with Crippen LogP contribution in [-0.2, 0) is 0 Å².